The first-order chi connectivity index (χ1) is 14.1. The van der Waals surface area contributed by atoms with E-state index in [9.17, 15) is 9.59 Å². The lowest BCUT2D eigenvalue weighted by Crippen LogP contribution is -2.22. The van der Waals surface area contributed by atoms with Gasteiger partial charge in [0.1, 0.15) is 19.8 Å². The number of benzene rings is 2. The summed E-state index contributed by atoms with van der Waals surface area (Å²) in [6.45, 7) is 0.877. The number of thiazole rings is 1. The first-order valence-corrected chi connectivity index (χ1v) is 10.9. The zero-order valence-electron chi connectivity index (χ0n) is 15.8. The predicted molar refractivity (Wildman–Crippen MR) is 111 cm³/mol. The molecule has 3 aromatic rings. The monoisotopic (exact) mass is 430 g/mol. The van der Waals surface area contributed by atoms with Crippen molar-refractivity contribution in [3.05, 3.63) is 46.8 Å². The summed E-state index contributed by atoms with van der Waals surface area (Å²) >= 11 is 2.86. The average molecular weight is 431 g/mol. The average Bonchev–Trinajstić information content (AvgIpc) is 3.07. The van der Waals surface area contributed by atoms with Crippen LogP contribution >= 0.6 is 23.1 Å². The molecule has 0 bridgehead atoms. The maximum Gasteiger partial charge on any atom is 0.325 e. The summed E-state index contributed by atoms with van der Waals surface area (Å²) in [7, 11) is 1.33. The number of rotatable bonds is 4. The molecule has 0 spiro atoms. The third-order valence-electron chi connectivity index (χ3n) is 4.38. The number of carbonyl (C=O) groups excluding carboxylic acids is 2. The third-order valence-corrected chi connectivity index (χ3v) is 6.14. The number of amides is 1. The van der Waals surface area contributed by atoms with Crippen molar-refractivity contribution < 1.29 is 23.8 Å². The van der Waals surface area contributed by atoms with E-state index in [1.54, 1.807) is 34.5 Å². The number of hydrogen-bond donors (Lipinski definition) is 0. The molecule has 0 atom stereocenters. The smallest absolute Gasteiger partial charge is 0.325 e. The van der Waals surface area contributed by atoms with Gasteiger partial charge in [0.2, 0.25) is 0 Å². The first kappa shape index (κ1) is 19.5. The summed E-state index contributed by atoms with van der Waals surface area (Å²) in [5, 5.41) is 0. The largest absolute Gasteiger partial charge is 0.486 e. The van der Waals surface area contributed by atoms with Crippen molar-refractivity contribution in [1.29, 1.82) is 0 Å². The van der Waals surface area contributed by atoms with Crippen LogP contribution in [0.25, 0.3) is 10.2 Å². The van der Waals surface area contributed by atoms with Gasteiger partial charge in [-0.15, -0.1) is 11.8 Å². The molecular weight excluding hydrogens is 412 g/mol. The number of carbonyl (C=O) groups is 2. The van der Waals surface area contributed by atoms with Gasteiger partial charge in [-0.1, -0.05) is 17.4 Å². The topological polar surface area (TPSA) is 79.1 Å². The van der Waals surface area contributed by atoms with Crippen molar-refractivity contribution in [3.63, 3.8) is 0 Å². The maximum absolute atomic E-state index is 12.8. The fourth-order valence-corrected chi connectivity index (χ4v) is 4.44. The maximum atomic E-state index is 12.8. The van der Waals surface area contributed by atoms with E-state index in [1.165, 1.54) is 18.4 Å². The van der Waals surface area contributed by atoms with Gasteiger partial charge in [-0.25, -0.2) is 0 Å². The van der Waals surface area contributed by atoms with Gasteiger partial charge >= 0.3 is 5.97 Å². The molecule has 0 N–H and O–H groups in total. The van der Waals surface area contributed by atoms with E-state index in [1.807, 2.05) is 24.5 Å². The molecule has 2 heterocycles. The summed E-state index contributed by atoms with van der Waals surface area (Å²) in [6.07, 6.45) is 1.95. The molecule has 9 heteroatoms. The van der Waals surface area contributed by atoms with Crippen LogP contribution in [0.3, 0.4) is 0 Å². The van der Waals surface area contributed by atoms with E-state index in [4.69, 9.17) is 14.2 Å². The zero-order chi connectivity index (χ0) is 20.4. The second kappa shape index (κ2) is 8.30. The van der Waals surface area contributed by atoms with Gasteiger partial charge in [0.15, 0.2) is 16.3 Å². The number of fused-ring (bicyclic) bond motifs is 2. The highest BCUT2D eigenvalue weighted by molar-refractivity contribution is 7.98. The lowest BCUT2D eigenvalue weighted by molar-refractivity contribution is -0.141. The van der Waals surface area contributed by atoms with Gasteiger partial charge in [0.05, 0.1) is 17.3 Å². The Morgan fingerprint density at radius 3 is 2.69 bits per heavy atom. The molecule has 1 aliphatic rings. The van der Waals surface area contributed by atoms with Crippen LogP contribution in [0.15, 0.2) is 46.3 Å². The van der Waals surface area contributed by atoms with Crippen LogP contribution in [0.1, 0.15) is 10.4 Å². The molecule has 0 saturated heterocycles. The molecule has 1 aliphatic heterocycles. The molecule has 0 saturated carbocycles. The van der Waals surface area contributed by atoms with Crippen LogP contribution in [-0.4, -0.2) is 43.0 Å². The van der Waals surface area contributed by atoms with E-state index in [0.29, 0.717) is 35.1 Å². The van der Waals surface area contributed by atoms with Crippen molar-refractivity contribution >= 4 is 45.2 Å². The molecule has 4 rings (SSSR count). The van der Waals surface area contributed by atoms with E-state index in [-0.39, 0.29) is 12.5 Å². The highest BCUT2D eigenvalue weighted by atomic mass is 32.2. The Kier molecular flexibility index (Phi) is 5.59. The van der Waals surface area contributed by atoms with Crippen molar-refractivity contribution in [2.45, 2.75) is 11.4 Å². The van der Waals surface area contributed by atoms with Crippen LogP contribution in [0.5, 0.6) is 11.5 Å². The van der Waals surface area contributed by atoms with Crippen molar-refractivity contribution in [1.82, 2.24) is 4.57 Å². The van der Waals surface area contributed by atoms with Gasteiger partial charge in [0, 0.05) is 22.6 Å². The van der Waals surface area contributed by atoms with Crippen molar-refractivity contribution in [2.75, 3.05) is 26.6 Å². The van der Waals surface area contributed by atoms with Gasteiger partial charge in [-0.2, -0.15) is 4.99 Å². The van der Waals surface area contributed by atoms with Gasteiger partial charge in [0.25, 0.3) is 5.91 Å². The summed E-state index contributed by atoms with van der Waals surface area (Å²) in [5.74, 6) is 0.438. The summed E-state index contributed by atoms with van der Waals surface area (Å²) < 4.78 is 18.6. The van der Waals surface area contributed by atoms with E-state index < -0.39 is 5.97 Å². The Balaban J connectivity index is 1.85. The number of ether oxygens (including phenoxy) is 3. The van der Waals surface area contributed by atoms with E-state index in [0.717, 1.165) is 15.1 Å². The van der Waals surface area contributed by atoms with Gasteiger partial charge in [-0.3, -0.25) is 9.59 Å². The number of thioether (sulfide) groups is 1. The fraction of sp³-hybridized carbons (Fsp3) is 0.250. The van der Waals surface area contributed by atoms with Crippen LogP contribution in [-0.2, 0) is 16.1 Å². The SMILES string of the molecule is COC(=O)Cn1c(=NC(=O)c2cccc(SC)c2)sc2cc3c(cc21)OCCO3. The molecule has 29 heavy (non-hydrogen) atoms. The molecule has 7 nitrogen and oxygen atoms in total. The highest BCUT2D eigenvalue weighted by Crippen LogP contribution is 2.35. The molecule has 2 aromatic carbocycles. The summed E-state index contributed by atoms with van der Waals surface area (Å²) in [5.41, 5.74) is 1.22. The molecule has 0 fully saturated rings. The second-order valence-electron chi connectivity index (χ2n) is 6.16. The highest BCUT2D eigenvalue weighted by Gasteiger charge is 2.18. The molecule has 1 amide bonds. The normalized spacial score (nSPS) is 13.5. The Morgan fingerprint density at radius 2 is 1.97 bits per heavy atom. The van der Waals surface area contributed by atoms with E-state index >= 15 is 0 Å². The minimum atomic E-state index is -0.433. The molecule has 150 valence electrons. The molecule has 0 aliphatic carbocycles. The number of aromatic nitrogens is 1. The molecule has 0 radical (unpaired) electrons. The number of nitrogens with zero attached hydrogens (tertiary/aromatic N) is 2. The Morgan fingerprint density at radius 1 is 1.21 bits per heavy atom. The molecule has 0 unspecified atom stereocenters. The minimum absolute atomic E-state index is 0.0624. The quantitative estimate of drug-likeness (QED) is 0.468. The Labute approximate surface area is 174 Å². The van der Waals surface area contributed by atoms with Crippen molar-refractivity contribution in [3.8, 4) is 11.5 Å². The number of hydrogen-bond acceptors (Lipinski definition) is 7. The Bertz CT molecular complexity index is 1170. The molecule has 1 aromatic heterocycles. The van der Waals surface area contributed by atoms with E-state index in [2.05, 4.69) is 4.99 Å². The van der Waals surface area contributed by atoms with Crippen LogP contribution in [0.2, 0.25) is 0 Å². The lowest BCUT2D eigenvalue weighted by atomic mass is 10.2. The predicted octanol–water partition coefficient (Wildman–Crippen LogP) is 3.11. The number of methoxy groups -OCH3 is 1. The minimum Gasteiger partial charge on any atom is -0.486 e. The first-order valence-electron chi connectivity index (χ1n) is 8.82. The van der Waals surface area contributed by atoms with Crippen LogP contribution < -0.4 is 14.3 Å². The summed E-state index contributed by atoms with van der Waals surface area (Å²) in [6, 6.07) is 10.9. The van der Waals surface area contributed by atoms with Crippen LogP contribution in [0, 0.1) is 0 Å². The van der Waals surface area contributed by atoms with Crippen molar-refractivity contribution in [2.24, 2.45) is 4.99 Å². The lowest BCUT2D eigenvalue weighted by Gasteiger charge is -2.18. The molecular formula is C20H18N2O5S2. The zero-order valence-corrected chi connectivity index (χ0v) is 17.5. The number of esters is 1. The van der Waals surface area contributed by atoms with Gasteiger partial charge in [-0.05, 0) is 24.5 Å². The third kappa shape index (κ3) is 4.01. The standard InChI is InChI=1S/C20H18N2O5S2/c1-25-18(23)11-22-14-9-15-16(27-7-6-26-15)10-17(14)29-20(22)21-19(24)12-4-3-5-13(8-12)28-2/h3-5,8-10H,6-7,11H2,1-2H3. The Hall–Kier alpha value is -2.78. The second-order valence-corrected chi connectivity index (χ2v) is 8.05. The van der Waals surface area contributed by atoms with Gasteiger partial charge < -0.3 is 18.8 Å². The fourth-order valence-electron chi connectivity index (χ4n) is 2.95. The summed E-state index contributed by atoms with van der Waals surface area (Å²) in [4.78, 5) is 30.4. The van der Waals surface area contributed by atoms with Crippen LogP contribution in [0.4, 0.5) is 0 Å².